The Labute approximate surface area is 211 Å². The molecule has 3 heterocycles. The molecule has 0 unspecified atom stereocenters. The van der Waals surface area contributed by atoms with Crippen molar-refractivity contribution < 1.29 is 4.92 Å². The lowest BCUT2D eigenvalue weighted by molar-refractivity contribution is -0.384. The number of fused-ring (bicyclic) bond motifs is 3. The number of rotatable bonds is 5. The van der Waals surface area contributed by atoms with Crippen molar-refractivity contribution in [1.29, 1.82) is 0 Å². The van der Waals surface area contributed by atoms with E-state index in [1.54, 1.807) is 12.1 Å². The molecule has 2 aromatic heterocycles. The topological polar surface area (TPSA) is 92.7 Å². The number of nitro benzene ring substituents is 1. The zero-order chi connectivity index (χ0) is 24.6. The third kappa shape index (κ3) is 4.12. The van der Waals surface area contributed by atoms with E-state index < -0.39 is 0 Å². The summed E-state index contributed by atoms with van der Waals surface area (Å²) in [6, 6.07) is 22.3. The van der Waals surface area contributed by atoms with Gasteiger partial charge in [-0.05, 0) is 42.0 Å². The first-order valence-electron chi connectivity index (χ1n) is 11.7. The van der Waals surface area contributed by atoms with Crippen LogP contribution in [0.4, 0.5) is 11.6 Å². The zero-order valence-corrected chi connectivity index (χ0v) is 20.0. The first-order valence-corrected chi connectivity index (χ1v) is 12.0. The summed E-state index contributed by atoms with van der Waals surface area (Å²) in [5, 5.41) is 21.6. The number of piperazine rings is 1. The standard InChI is InChI=1S/C26H22ClN7O2/c27-20-9-7-19(8-10-20)24-29-30-25-22-3-1-2-4-23(22)28-26(33(24)25)32-15-13-31(14-16-32)17-18-5-11-21(12-6-18)34(35)36/h1-12H,13-17H2. The van der Waals surface area contributed by atoms with Gasteiger partial charge in [-0.2, -0.15) is 0 Å². The summed E-state index contributed by atoms with van der Waals surface area (Å²) < 4.78 is 2.04. The molecule has 1 aliphatic heterocycles. The summed E-state index contributed by atoms with van der Waals surface area (Å²) in [6.07, 6.45) is 0. The Hall–Kier alpha value is -4.08. The maximum atomic E-state index is 10.9. The third-order valence-electron chi connectivity index (χ3n) is 6.54. The van der Waals surface area contributed by atoms with Crippen molar-refractivity contribution in [3.05, 3.63) is 93.5 Å². The lowest BCUT2D eigenvalue weighted by Crippen LogP contribution is -2.46. The number of non-ortho nitro benzene ring substituents is 1. The molecule has 0 bridgehead atoms. The van der Waals surface area contributed by atoms with Gasteiger partial charge in [-0.25, -0.2) is 9.38 Å². The molecule has 0 aliphatic carbocycles. The van der Waals surface area contributed by atoms with Crippen molar-refractivity contribution in [3.8, 4) is 11.4 Å². The minimum Gasteiger partial charge on any atom is -0.339 e. The summed E-state index contributed by atoms with van der Waals surface area (Å²) >= 11 is 6.12. The van der Waals surface area contributed by atoms with Gasteiger partial charge in [0.2, 0.25) is 5.95 Å². The van der Waals surface area contributed by atoms with Crippen molar-refractivity contribution in [2.45, 2.75) is 6.54 Å². The van der Waals surface area contributed by atoms with Gasteiger partial charge >= 0.3 is 0 Å². The van der Waals surface area contributed by atoms with Gasteiger partial charge in [0.1, 0.15) is 0 Å². The lowest BCUT2D eigenvalue weighted by Gasteiger charge is -2.35. The van der Waals surface area contributed by atoms with Crippen LogP contribution in [0.3, 0.4) is 0 Å². The Morgan fingerprint density at radius 1 is 0.889 bits per heavy atom. The van der Waals surface area contributed by atoms with Gasteiger partial charge in [-0.1, -0.05) is 35.9 Å². The average molecular weight is 500 g/mol. The number of hydrogen-bond acceptors (Lipinski definition) is 7. The number of benzene rings is 3. The maximum Gasteiger partial charge on any atom is 0.269 e. The van der Waals surface area contributed by atoms with E-state index >= 15 is 0 Å². The third-order valence-corrected chi connectivity index (χ3v) is 6.79. The molecule has 0 spiro atoms. The van der Waals surface area contributed by atoms with Gasteiger partial charge in [0.25, 0.3) is 5.69 Å². The van der Waals surface area contributed by atoms with E-state index in [9.17, 15) is 10.1 Å². The van der Waals surface area contributed by atoms with E-state index in [1.807, 2.05) is 65.1 Å². The fourth-order valence-electron chi connectivity index (χ4n) is 4.65. The van der Waals surface area contributed by atoms with E-state index in [2.05, 4.69) is 20.0 Å². The van der Waals surface area contributed by atoms with Crippen molar-refractivity contribution >= 4 is 39.8 Å². The molecule has 0 amide bonds. The highest BCUT2D eigenvalue weighted by Gasteiger charge is 2.24. The molecule has 1 fully saturated rings. The highest BCUT2D eigenvalue weighted by atomic mass is 35.5. The molecule has 0 saturated carbocycles. The van der Waals surface area contributed by atoms with E-state index in [1.165, 1.54) is 0 Å². The Bertz CT molecular complexity index is 1560. The van der Waals surface area contributed by atoms with Gasteiger partial charge in [-0.15, -0.1) is 10.2 Å². The fraction of sp³-hybridized carbons (Fsp3) is 0.192. The maximum absolute atomic E-state index is 10.9. The molecular formula is C26H22ClN7O2. The van der Waals surface area contributed by atoms with Crippen LogP contribution in [0, 0.1) is 10.1 Å². The first-order chi connectivity index (χ1) is 17.6. The van der Waals surface area contributed by atoms with Crippen molar-refractivity contribution in [3.63, 3.8) is 0 Å². The molecule has 5 aromatic rings. The predicted octanol–water partition coefficient (Wildman–Crippen LogP) is 4.83. The van der Waals surface area contributed by atoms with Crippen molar-refractivity contribution in [2.75, 3.05) is 31.1 Å². The average Bonchev–Trinajstić information content (AvgIpc) is 3.35. The molecule has 1 aliphatic rings. The van der Waals surface area contributed by atoms with Crippen LogP contribution < -0.4 is 4.90 Å². The molecule has 180 valence electrons. The number of halogens is 1. The second kappa shape index (κ2) is 9.18. The molecule has 3 aromatic carbocycles. The van der Waals surface area contributed by atoms with Crippen LogP contribution in [0.15, 0.2) is 72.8 Å². The number of nitro groups is 1. The SMILES string of the molecule is O=[N+]([O-])c1ccc(CN2CCN(c3nc4ccccc4c4nnc(-c5ccc(Cl)cc5)n34)CC2)cc1. The predicted molar refractivity (Wildman–Crippen MR) is 139 cm³/mol. The molecule has 0 atom stereocenters. The van der Waals surface area contributed by atoms with Crippen LogP contribution in [0.5, 0.6) is 0 Å². The Balaban J connectivity index is 1.31. The molecule has 1 saturated heterocycles. The lowest BCUT2D eigenvalue weighted by atomic mass is 10.2. The van der Waals surface area contributed by atoms with Gasteiger partial charge in [0.05, 0.1) is 10.4 Å². The first kappa shape index (κ1) is 22.4. The molecule has 9 nitrogen and oxygen atoms in total. The molecule has 36 heavy (non-hydrogen) atoms. The monoisotopic (exact) mass is 499 g/mol. The fourth-order valence-corrected chi connectivity index (χ4v) is 4.78. The minimum atomic E-state index is -0.372. The van der Waals surface area contributed by atoms with Crippen LogP contribution >= 0.6 is 11.6 Å². The number of hydrogen-bond donors (Lipinski definition) is 0. The van der Waals surface area contributed by atoms with Crippen LogP contribution in [0.1, 0.15) is 5.56 Å². The number of para-hydroxylation sites is 1. The second-order valence-corrected chi connectivity index (χ2v) is 9.24. The number of aromatic nitrogens is 4. The molecular weight excluding hydrogens is 478 g/mol. The summed E-state index contributed by atoms with van der Waals surface area (Å²) in [5.74, 6) is 1.54. The number of nitrogens with zero attached hydrogens (tertiary/aromatic N) is 7. The molecule has 0 radical (unpaired) electrons. The van der Waals surface area contributed by atoms with E-state index in [4.69, 9.17) is 16.6 Å². The zero-order valence-electron chi connectivity index (χ0n) is 19.3. The highest BCUT2D eigenvalue weighted by Crippen LogP contribution is 2.29. The Kier molecular flexibility index (Phi) is 5.71. The van der Waals surface area contributed by atoms with Crippen molar-refractivity contribution in [2.24, 2.45) is 0 Å². The molecule has 0 N–H and O–H groups in total. The van der Waals surface area contributed by atoms with Crippen LogP contribution in [0.25, 0.3) is 27.9 Å². The summed E-state index contributed by atoms with van der Waals surface area (Å²) in [5.41, 5.74) is 3.74. The van der Waals surface area contributed by atoms with Gasteiger partial charge < -0.3 is 4.90 Å². The summed E-state index contributed by atoms with van der Waals surface area (Å²) in [6.45, 7) is 3.99. The van der Waals surface area contributed by atoms with Gasteiger partial charge in [0.15, 0.2) is 11.5 Å². The second-order valence-electron chi connectivity index (χ2n) is 8.81. The smallest absolute Gasteiger partial charge is 0.269 e. The van der Waals surface area contributed by atoms with Gasteiger partial charge in [-0.3, -0.25) is 15.0 Å². The van der Waals surface area contributed by atoms with Crippen LogP contribution in [-0.2, 0) is 6.54 Å². The number of anilines is 1. The van der Waals surface area contributed by atoms with Crippen LogP contribution in [0.2, 0.25) is 5.02 Å². The summed E-state index contributed by atoms with van der Waals surface area (Å²) in [7, 11) is 0. The minimum absolute atomic E-state index is 0.111. The highest BCUT2D eigenvalue weighted by molar-refractivity contribution is 6.30. The van der Waals surface area contributed by atoms with Crippen molar-refractivity contribution in [1.82, 2.24) is 24.5 Å². The molecule has 10 heteroatoms. The largest absolute Gasteiger partial charge is 0.339 e. The normalized spacial score (nSPS) is 14.5. The van der Waals surface area contributed by atoms with E-state index in [0.29, 0.717) is 5.02 Å². The van der Waals surface area contributed by atoms with E-state index in [-0.39, 0.29) is 10.6 Å². The quantitative estimate of drug-likeness (QED) is 0.252. The summed E-state index contributed by atoms with van der Waals surface area (Å²) in [4.78, 5) is 20.2. The van der Waals surface area contributed by atoms with E-state index in [0.717, 1.165) is 72.2 Å². The molecule has 6 rings (SSSR count). The Morgan fingerprint density at radius 3 is 2.33 bits per heavy atom. The van der Waals surface area contributed by atoms with Gasteiger partial charge in [0, 0.05) is 60.8 Å². The van der Waals surface area contributed by atoms with Crippen LogP contribution in [-0.4, -0.2) is 55.6 Å². The Morgan fingerprint density at radius 2 is 1.61 bits per heavy atom.